The van der Waals surface area contributed by atoms with Gasteiger partial charge in [-0.15, -0.1) is 0 Å². The van der Waals surface area contributed by atoms with Gasteiger partial charge in [0, 0.05) is 12.1 Å². The van der Waals surface area contributed by atoms with E-state index in [1.807, 2.05) is 0 Å². The minimum atomic E-state index is -1.12. The van der Waals surface area contributed by atoms with Crippen LogP contribution in [-0.2, 0) is 0 Å². The first-order chi connectivity index (χ1) is 5.15. The molecule has 0 heterocycles. The summed E-state index contributed by atoms with van der Waals surface area (Å²) >= 11 is 0. The van der Waals surface area contributed by atoms with Gasteiger partial charge in [-0.25, -0.2) is 4.39 Å². The lowest BCUT2D eigenvalue weighted by molar-refractivity contribution is 0.364. The highest BCUT2D eigenvalue weighted by molar-refractivity contribution is 5.34. The number of phenolic OH excluding ortho intramolecular Hbond substituents is 1. The summed E-state index contributed by atoms with van der Waals surface area (Å²) in [6.07, 6.45) is 0. The summed E-state index contributed by atoms with van der Waals surface area (Å²) in [5, 5.41) is 8.76. The SMILES string of the molecule is COc1cc(O)cc(F)c1F. The van der Waals surface area contributed by atoms with E-state index in [1.165, 1.54) is 7.11 Å². The van der Waals surface area contributed by atoms with Crippen LogP contribution in [0.15, 0.2) is 12.1 Å². The van der Waals surface area contributed by atoms with E-state index in [1.54, 1.807) is 0 Å². The molecular formula is C7H6F2O2. The van der Waals surface area contributed by atoms with Crippen molar-refractivity contribution in [3.8, 4) is 11.5 Å². The molecule has 0 aliphatic rings. The predicted molar refractivity (Wildman–Crippen MR) is 34.6 cm³/mol. The van der Waals surface area contributed by atoms with E-state index >= 15 is 0 Å². The van der Waals surface area contributed by atoms with Crippen LogP contribution in [0, 0.1) is 11.6 Å². The molecule has 2 nitrogen and oxygen atoms in total. The number of rotatable bonds is 1. The van der Waals surface area contributed by atoms with Gasteiger partial charge in [0.05, 0.1) is 7.11 Å². The van der Waals surface area contributed by atoms with Crippen molar-refractivity contribution in [1.82, 2.24) is 0 Å². The van der Waals surface area contributed by atoms with E-state index in [0.717, 1.165) is 6.07 Å². The lowest BCUT2D eigenvalue weighted by Crippen LogP contribution is -1.90. The van der Waals surface area contributed by atoms with Gasteiger partial charge >= 0.3 is 0 Å². The van der Waals surface area contributed by atoms with Crippen LogP contribution in [0.1, 0.15) is 0 Å². The van der Waals surface area contributed by atoms with E-state index in [-0.39, 0.29) is 11.5 Å². The fraction of sp³-hybridized carbons (Fsp3) is 0.143. The van der Waals surface area contributed by atoms with Gasteiger partial charge in [0.2, 0.25) is 5.82 Å². The van der Waals surface area contributed by atoms with Crippen LogP contribution in [0.5, 0.6) is 11.5 Å². The maximum Gasteiger partial charge on any atom is 0.200 e. The van der Waals surface area contributed by atoms with Crippen LogP contribution in [-0.4, -0.2) is 12.2 Å². The fourth-order valence-corrected chi connectivity index (χ4v) is 0.699. The highest BCUT2D eigenvalue weighted by Gasteiger charge is 2.09. The molecule has 1 N–H and O–H groups in total. The van der Waals surface area contributed by atoms with Gasteiger partial charge in [-0.3, -0.25) is 0 Å². The maximum absolute atomic E-state index is 12.6. The Kier molecular flexibility index (Phi) is 1.94. The Balaban J connectivity index is 3.24. The van der Waals surface area contributed by atoms with Crippen LogP contribution in [0.25, 0.3) is 0 Å². The molecule has 0 amide bonds. The number of phenols is 1. The van der Waals surface area contributed by atoms with Crippen LogP contribution < -0.4 is 4.74 Å². The van der Waals surface area contributed by atoms with E-state index < -0.39 is 11.6 Å². The van der Waals surface area contributed by atoms with Gasteiger partial charge < -0.3 is 9.84 Å². The van der Waals surface area contributed by atoms with Crippen molar-refractivity contribution >= 4 is 0 Å². The van der Waals surface area contributed by atoms with Gasteiger partial charge in [-0.05, 0) is 0 Å². The number of aromatic hydroxyl groups is 1. The summed E-state index contributed by atoms with van der Waals surface area (Å²) < 4.78 is 29.4. The zero-order chi connectivity index (χ0) is 8.43. The normalized spacial score (nSPS) is 9.73. The minimum absolute atomic E-state index is 0.303. The Morgan fingerprint density at radius 1 is 1.36 bits per heavy atom. The molecule has 1 aromatic carbocycles. The predicted octanol–water partition coefficient (Wildman–Crippen LogP) is 1.68. The molecule has 0 unspecified atom stereocenters. The summed E-state index contributed by atoms with van der Waals surface area (Å²) in [4.78, 5) is 0. The van der Waals surface area contributed by atoms with Crippen molar-refractivity contribution in [2.24, 2.45) is 0 Å². The first-order valence-electron chi connectivity index (χ1n) is 2.87. The molecule has 0 saturated carbocycles. The molecule has 0 saturated heterocycles. The Morgan fingerprint density at radius 3 is 2.55 bits per heavy atom. The fourth-order valence-electron chi connectivity index (χ4n) is 0.699. The second kappa shape index (κ2) is 2.74. The van der Waals surface area contributed by atoms with Crippen LogP contribution in [0.2, 0.25) is 0 Å². The number of hydrogen-bond acceptors (Lipinski definition) is 2. The average Bonchev–Trinajstić information content (AvgIpc) is 1.96. The first kappa shape index (κ1) is 7.78. The molecule has 4 heteroatoms. The third-order valence-corrected chi connectivity index (χ3v) is 1.20. The number of methoxy groups -OCH3 is 1. The number of benzene rings is 1. The number of halogens is 2. The third kappa shape index (κ3) is 1.39. The van der Waals surface area contributed by atoms with Gasteiger partial charge in [-0.2, -0.15) is 4.39 Å². The van der Waals surface area contributed by atoms with Crippen molar-refractivity contribution in [3.63, 3.8) is 0 Å². The van der Waals surface area contributed by atoms with E-state index in [2.05, 4.69) is 4.74 Å². The Labute approximate surface area is 62.0 Å². The zero-order valence-corrected chi connectivity index (χ0v) is 5.77. The average molecular weight is 160 g/mol. The molecular weight excluding hydrogens is 154 g/mol. The Hall–Kier alpha value is -1.32. The summed E-state index contributed by atoms with van der Waals surface area (Å²) in [5.41, 5.74) is 0. The van der Waals surface area contributed by atoms with Crippen molar-refractivity contribution < 1.29 is 18.6 Å². The zero-order valence-electron chi connectivity index (χ0n) is 5.77. The second-order valence-electron chi connectivity index (χ2n) is 1.94. The number of hydrogen-bond donors (Lipinski definition) is 1. The molecule has 0 spiro atoms. The quantitative estimate of drug-likeness (QED) is 0.677. The summed E-state index contributed by atoms with van der Waals surface area (Å²) in [5.74, 6) is -2.88. The summed E-state index contributed by atoms with van der Waals surface area (Å²) in [6.45, 7) is 0. The maximum atomic E-state index is 12.6. The molecule has 0 aliphatic heterocycles. The summed E-state index contributed by atoms with van der Waals surface area (Å²) in [7, 11) is 1.19. The largest absolute Gasteiger partial charge is 0.508 e. The van der Waals surface area contributed by atoms with Crippen molar-refractivity contribution in [2.75, 3.05) is 7.11 Å². The highest BCUT2D eigenvalue weighted by Crippen LogP contribution is 2.24. The first-order valence-corrected chi connectivity index (χ1v) is 2.87. The standard InChI is InChI=1S/C7H6F2O2/c1-11-6-3-4(10)2-5(8)7(6)9/h2-3,10H,1H3. The van der Waals surface area contributed by atoms with E-state index in [4.69, 9.17) is 5.11 Å². The lowest BCUT2D eigenvalue weighted by atomic mass is 10.3. The molecule has 60 valence electrons. The van der Waals surface area contributed by atoms with Gasteiger partial charge in [0.1, 0.15) is 5.75 Å². The molecule has 0 fully saturated rings. The molecule has 0 atom stereocenters. The topological polar surface area (TPSA) is 29.5 Å². The van der Waals surface area contributed by atoms with E-state index in [9.17, 15) is 8.78 Å². The van der Waals surface area contributed by atoms with Gasteiger partial charge in [0.25, 0.3) is 0 Å². The second-order valence-corrected chi connectivity index (χ2v) is 1.94. The molecule has 11 heavy (non-hydrogen) atoms. The third-order valence-electron chi connectivity index (χ3n) is 1.20. The molecule has 0 radical (unpaired) electrons. The minimum Gasteiger partial charge on any atom is -0.508 e. The van der Waals surface area contributed by atoms with Crippen molar-refractivity contribution in [1.29, 1.82) is 0 Å². The molecule has 0 aliphatic carbocycles. The van der Waals surface area contributed by atoms with Gasteiger partial charge in [0.15, 0.2) is 11.6 Å². The summed E-state index contributed by atoms with van der Waals surface area (Å²) in [6, 6.07) is 1.68. The monoisotopic (exact) mass is 160 g/mol. The lowest BCUT2D eigenvalue weighted by Gasteiger charge is -2.02. The molecule has 1 rings (SSSR count). The Bertz CT molecular complexity index is 273. The number of ether oxygens (including phenoxy) is 1. The van der Waals surface area contributed by atoms with Crippen LogP contribution in [0.4, 0.5) is 8.78 Å². The van der Waals surface area contributed by atoms with Crippen molar-refractivity contribution in [3.05, 3.63) is 23.8 Å². The Morgan fingerprint density at radius 2 is 2.00 bits per heavy atom. The van der Waals surface area contributed by atoms with Crippen molar-refractivity contribution in [2.45, 2.75) is 0 Å². The molecule has 1 aromatic rings. The molecule has 0 aromatic heterocycles. The van der Waals surface area contributed by atoms with Gasteiger partial charge in [-0.1, -0.05) is 0 Å². The highest BCUT2D eigenvalue weighted by atomic mass is 19.2. The van der Waals surface area contributed by atoms with Crippen LogP contribution in [0.3, 0.4) is 0 Å². The molecule has 0 bridgehead atoms. The van der Waals surface area contributed by atoms with Crippen LogP contribution >= 0.6 is 0 Å². The van der Waals surface area contributed by atoms with E-state index in [0.29, 0.717) is 6.07 Å². The smallest absolute Gasteiger partial charge is 0.200 e.